The Morgan fingerprint density at radius 2 is 2.26 bits per heavy atom. The van der Waals surface area contributed by atoms with Crippen LogP contribution in [0.3, 0.4) is 0 Å². The van der Waals surface area contributed by atoms with Crippen molar-refractivity contribution < 1.29 is 4.79 Å². The zero-order valence-corrected chi connectivity index (χ0v) is 12.3. The monoisotopic (exact) mass is 280 g/mol. The number of piperidine rings is 1. The summed E-state index contributed by atoms with van der Waals surface area (Å²) in [5, 5.41) is 3.63. The quantitative estimate of drug-likeness (QED) is 0.853. The molecular formula is C15H21ClN2O. The molecule has 0 aromatic heterocycles. The second-order valence-corrected chi connectivity index (χ2v) is 5.55. The van der Waals surface area contributed by atoms with E-state index in [1.54, 1.807) is 6.07 Å². The van der Waals surface area contributed by atoms with Gasteiger partial charge in [0.15, 0.2) is 0 Å². The molecule has 0 bridgehead atoms. The summed E-state index contributed by atoms with van der Waals surface area (Å²) in [6.45, 7) is 4.94. The number of halogens is 1. The minimum atomic E-state index is -0.00790. The Hall–Kier alpha value is -1.22. The highest BCUT2D eigenvalue weighted by Crippen LogP contribution is 2.23. The van der Waals surface area contributed by atoms with Gasteiger partial charge in [0.1, 0.15) is 0 Å². The number of rotatable bonds is 2. The van der Waals surface area contributed by atoms with Crippen LogP contribution in [0.25, 0.3) is 0 Å². The third kappa shape index (κ3) is 3.41. The van der Waals surface area contributed by atoms with Crippen LogP contribution >= 0.6 is 11.6 Å². The number of likely N-dealkylation sites (tertiary alicyclic amines) is 1. The number of carbonyl (C=O) groups excluding carboxylic acids is 1. The molecule has 1 heterocycles. The number of aryl methyl sites for hydroxylation is 1. The summed E-state index contributed by atoms with van der Waals surface area (Å²) >= 11 is 6.07. The molecule has 4 heteroatoms. The van der Waals surface area contributed by atoms with Gasteiger partial charge in [0.2, 0.25) is 0 Å². The van der Waals surface area contributed by atoms with E-state index in [1.807, 2.05) is 24.0 Å². The largest absolute Gasteiger partial charge is 0.322 e. The summed E-state index contributed by atoms with van der Waals surface area (Å²) < 4.78 is 0. The van der Waals surface area contributed by atoms with Gasteiger partial charge < -0.3 is 10.2 Å². The van der Waals surface area contributed by atoms with Crippen molar-refractivity contribution in [3.63, 3.8) is 0 Å². The van der Waals surface area contributed by atoms with Crippen molar-refractivity contribution in [2.24, 2.45) is 0 Å². The molecule has 104 valence electrons. The summed E-state index contributed by atoms with van der Waals surface area (Å²) in [5.74, 6) is 0. The lowest BCUT2D eigenvalue weighted by Gasteiger charge is -2.35. The maximum Gasteiger partial charge on any atom is 0.322 e. The number of anilines is 1. The number of hydrogen-bond acceptors (Lipinski definition) is 1. The Morgan fingerprint density at radius 1 is 1.47 bits per heavy atom. The van der Waals surface area contributed by atoms with E-state index in [9.17, 15) is 4.79 Å². The van der Waals surface area contributed by atoms with Crippen molar-refractivity contribution in [2.75, 3.05) is 11.9 Å². The van der Waals surface area contributed by atoms with E-state index >= 15 is 0 Å². The second-order valence-electron chi connectivity index (χ2n) is 5.15. The second kappa shape index (κ2) is 6.29. The van der Waals surface area contributed by atoms with Crippen LogP contribution in [0.1, 0.15) is 38.2 Å². The summed E-state index contributed by atoms with van der Waals surface area (Å²) in [6, 6.07) is 5.98. The molecule has 1 aliphatic heterocycles. The summed E-state index contributed by atoms with van der Waals surface area (Å²) in [6.07, 6.45) is 4.44. The van der Waals surface area contributed by atoms with Crippen LogP contribution in [-0.4, -0.2) is 23.5 Å². The summed E-state index contributed by atoms with van der Waals surface area (Å²) in [4.78, 5) is 14.3. The highest BCUT2D eigenvalue weighted by atomic mass is 35.5. The molecule has 1 aromatic carbocycles. The molecule has 0 saturated carbocycles. The van der Waals surface area contributed by atoms with Gasteiger partial charge in [-0.1, -0.05) is 24.6 Å². The average molecular weight is 281 g/mol. The van der Waals surface area contributed by atoms with Crippen molar-refractivity contribution >= 4 is 23.3 Å². The van der Waals surface area contributed by atoms with E-state index in [0.29, 0.717) is 11.1 Å². The molecule has 1 N–H and O–H groups in total. The number of amides is 2. The molecule has 0 radical (unpaired) electrons. The Labute approximate surface area is 119 Å². The maximum absolute atomic E-state index is 12.3. The smallest absolute Gasteiger partial charge is 0.322 e. The van der Waals surface area contributed by atoms with Gasteiger partial charge in [-0.05, 0) is 50.3 Å². The topological polar surface area (TPSA) is 32.3 Å². The van der Waals surface area contributed by atoms with E-state index in [0.717, 1.165) is 37.1 Å². The highest BCUT2D eigenvalue weighted by Gasteiger charge is 2.25. The summed E-state index contributed by atoms with van der Waals surface area (Å²) in [5.41, 5.74) is 1.78. The average Bonchev–Trinajstić information content (AvgIpc) is 2.43. The minimum absolute atomic E-state index is 0.00790. The van der Waals surface area contributed by atoms with Crippen LogP contribution in [0.5, 0.6) is 0 Å². The maximum atomic E-state index is 12.3. The number of benzene rings is 1. The number of carbonyl (C=O) groups is 1. The molecule has 1 aliphatic rings. The molecule has 19 heavy (non-hydrogen) atoms. The van der Waals surface area contributed by atoms with E-state index < -0.39 is 0 Å². The van der Waals surface area contributed by atoms with Gasteiger partial charge in [-0.15, -0.1) is 0 Å². The molecule has 1 atom stereocenters. The molecule has 0 aliphatic carbocycles. The molecular weight excluding hydrogens is 260 g/mol. The molecule has 0 unspecified atom stereocenters. The van der Waals surface area contributed by atoms with Crippen LogP contribution in [-0.2, 0) is 0 Å². The van der Waals surface area contributed by atoms with Crippen LogP contribution in [0.15, 0.2) is 18.2 Å². The van der Waals surface area contributed by atoms with Crippen molar-refractivity contribution in [3.8, 4) is 0 Å². The zero-order valence-electron chi connectivity index (χ0n) is 11.6. The molecule has 2 amide bonds. The fraction of sp³-hybridized carbons (Fsp3) is 0.533. The van der Waals surface area contributed by atoms with Crippen molar-refractivity contribution in [2.45, 2.75) is 45.6 Å². The van der Waals surface area contributed by atoms with E-state index in [4.69, 9.17) is 11.6 Å². The van der Waals surface area contributed by atoms with E-state index in [2.05, 4.69) is 12.2 Å². The third-order valence-electron chi connectivity index (χ3n) is 3.78. The molecule has 1 fully saturated rings. The van der Waals surface area contributed by atoms with Crippen LogP contribution in [0.4, 0.5) is 10.5 Å². The van der Waals surface area contributed by atoms with Gasteiger partial charge in [0, 0.05) is 23.3 Å². The first kappa shape index (κ1) is 14.2. The van der Waals surface area contributed by atoms with Gasteiger partial charge in [-0.3, -0.25) is 0 Å². The van der Waals surface area contributed by atoms with Gasteiger partial charge in [-0.25, -0.2) is 4.79 Å². The molecule has 3 nitrogen and oxygen atoms in total. The molecule has 2 rings (SSSR count). The van der Waals surface area contributed by atoms with Crippen LogP contribution in [0.2, 0.25) is 5.02 Å². The first-order chi connectivity index (χ1) is 9.11. The van der Waals surface area contributed by atoms with Gasteiger partial charge in [0.25, 0.3) is 0 Å². The molecule has 1 aromatic rings. The van der Waals surface area contributed by atoms with Gasteiger partial charge in [0.05, 0.1) is 0 Å². The number of nitrogens with one attached hydrogen (secondary N) is 1. The van der Waals surface area contributed by atoms with Crippen LogP contribution in [0, 0.1) is 6.92 Å². The Balaban J connectivity index is 2.05. The standard InChI is InChI=1S/C15H21ClN2O/c1-3-13-6-4-5-9-18(13)15(19)17-12-8-7-11(2)14(16)10-12/h7-8,10,13H,3-6,9H2,1-2H3,(H,17,19)/t13-/m0/s1. The Kier molecular flexibility index (Phi) is 4.70. The normalized spacial score (nSPS) is 19.3. The van der Waals surface area contributed by atoms with Gasteiger partial charge in [-0.2, -0.15) is 0 Å². The number of hydrogen-bond donors (Lipinski definition) is 1. The molecule has 1 saturated heterocycles. The fourth-order valence-corrected chi connectivity index (χ4v) is 2.74. The first-order valence-corrected chi connectivity index (χ1v) is 7.33. The Bertz CT molecular complexity index is 461. The summed E-state index contributed by atoms with van der Waals surface area (Å²) in [7, 11) is 0. The lowest BCUT2D eigenvalue weighted by Crippen LogP contribution is -2.45. The first-order valence-electron chi connectivity index (χ1n) is 6.95. The van der Waals surface area contributed by atoms with Gasteiger partial charge >= 0.3 is 6.03 Å². The number of urea groups is 1. The van der Waals surface area contributed by atoms with Crippen LogP contribution < -0.4 is 5.32 Å². The minimum Gasteiger partial charge on any atom is -0.322 e. The third-order valence-corrected chi connectivity index (χ3v) is 4.19. The lowest BCUT2D eigenvalue weighted by molar-refractivity contribution is 0.160. The zero-order chi connectivity index (χ0) is 13.8. The van der Waals surface area contributed by atoms with E-state index in [-0.39, 0.29) is 6.03 Å². The number of nitrogens with zero attached hydrogens (tertiary/aromatic N) is 1. The predicted octanol–water partition coefficient (Wildman–Crippen LogP) is 4.44. The lowest BCUT2D eigenvalue weighted by atomic mass is 10.0. The fourth-order valence-electron chi connectivity index (χ4n) is 2.56. The predicted molar refractivity (Wildman–Crippen MR) is 79.8 cm³/mol. The highest BCUT2D eigenvalue weighted by molar-refractivity contribution is 6.31. The van der Waals surface area contributed by atoms with Crippen molar-refractivity contribution in [1.29, 1.82) is 0 Å². The van der Waals surface area contributed by atoms with Crippen molar-refractivity contribution in [1.82, 2.24) is 4.90 Å². The molecule has 0 spiro atoms. The Morgan fingerprint density at radius 3 is 2.95 bits per heavy atom. The van der Waals surface area contributed by atoms with Crippen molar-refractivity contribution in [3.05, 3.63) is 28.8 Å². The van der Waals surface area contributed by atoms with E-state index in [1.165, 1.54) is 6.42 Å². The SMILES string of the molecule is CC[C@H]1CCCCN1C(=O)Nc1ccc(C)c(Cl)c1.